The Labute approximate surface area is 249 Å². The van der Waals surface area contributed by atoms with Crippen LogP contribution in [0, 0.1) is 0 Å². The number of likely N-dealkylation sites (N-methyl/N-ethyl adjacent to an activating group) is 1. The summed E-state index contributed by atoms with van der Waals surface area (Å²) in [6.45, 7) is 2.50. The van der Waals surface area contributed by atoms with Gasteiger partial charge in [-0.25, -0.2) is 9.99 Å². The molecule has 0 unspecified atom stereocenters. The van der Waals surface area contributed by atoms with Gasteiger partial charge >= 0.3 is 11.9 Å². The molecule has 2 aromatic heterocycles. The predicted octanol–water partition coefficient (Wildman–Crippen LogP) is 4.12. The van der Waals surface area contributed by atoms with Gasteiger partial charge in [-0.2, -0.15) is 5.21 Å². The number of carboxylic acid groups (broad SMARTS) is 1. The second kappa shape index (κ2) is 14.7. The van der Waals surface area contributed by atoms with Crippen LogP contribution in [0.25, 0.3) is 22.5 Å². The fourth-order valence-corrected chi connectivity index (χ4v) is 4.91. The van der Waals surface area contributed by atoms with E-state index < -0.39 is 18.0 Å². The topological polar surface area (TPSA) is 151 Å². The fourth-order valence-electron chi connectivity index (χ4n) is 4.65. The number of tetrazole rings is 1. The summed E-state index contributed by atoms with van der Waals surface area (Å²) in [7, 11) is 3.32. The smallest absolute Gasteiger partial charge is 0.325 e. The zero-order chi connectivity index (χ0) is 30.1. The number of benzene rings is 2. The number of aromatic amines is 1. The second-order valence-corrected chi connectivity index (χ2v) is 10.2. The van der Waals surface area contributed by atoms with Crippen molar-refractivity contribution in [2.45, 2.75) is 58.2 Å². The molecule has 0 radical (unpaired) electrons. The van der Waals surface area contributed by atoms with Gasteiger partial charge in [0.1, 0.15) is 18.5 Å². The van der Waals surface area contributed by atoms with Crippen molar-refractivity contribution in [2.75, 3.05) is 14.1 Å². The number of aromatic nitrogens is 6. The molecule has 222 valence electrons. The standard InChI is InChI=1S/C29H35ClN8O4/c1-4-5-10-25-32-27(30)24(18-42-29(41)23(37(3)31-2)15-16-26(39)40)38(25)17-19-11-13-20(14-12-19)21-8-6-7-9-22(21)28-33-35-36-34-28/h6-9,11-14,23,31H,4-5,10,15-18H2,1-3H3,(H,39,40)(H,33,34,35,36)/t23-/m0/s1. The van der Waals surface area contributed by atoms with Crippen LogP contribution in [0.3, 0.4) is 0 Å². The average molecular weight is 595 g/mol. The molecule has 0 saturated heterocycles. The van der Waals surface area contributed by atoms with Crippen LogP contribution in [-0.2, 0) is 33.9 Å². The molecule has 3 N–H and O–H groups in total. The molecule has 0 spiro atoms. The SMILES string of the molecule is CCCCc1nc(Cl)c(COC(=O)[C@H](CCC(=O)O)N(C)NC)n1Cc1ccc(-c2ccccc2-c2nn[nH]n2)cc1. The molecular formula is C29H35ClN8O4. The van der Waals surface area contributed by atoms with Crippen molar-refractivity contribution in [3.63, 3.8) is 0 Å². The molecule has 13 heteroatoms. The molecule has 0 aliphatic carbocycles. The van der Waals surface area contributed by atoms with Crippen molar-refractivity contribution in [1.29, 1.82) is 0 Å². The first-order valence-electron chi connectivity index (χ1n) is 13.8. The number of carbonyl (C=O) groups is 2. The van der Waals surface area contributed by atoms with E-state index in [0.717, 1.165) is 47.3 Å². The lowest BCUT2D eigenvalue weighted by Gasteiger charge is -2.25. The van der Waals surface area contributed by atoms with E-state index in [-0.39, 0.29) is 24.6 Å². The van der Waals surface area contributed by atoms with Gasteiger partial charge in [0.15, 0.2) is 5.15 Å². The van der Waals surface area contributed by atoms with E-state index in [1.165, 1.54) is 5.01 Å². The number of esters is 1. The Bertz CT molecular complexity index is 1470. The zero-order valence-corrected chi connectivity index (χ0v) is 24.6. The first kappa shape index (κ1) is 30.8. The number of hydrogen-bond acceptors (Lipinski definition) is 9. The maximum absolute atomic E-state index is 13.0. The van der Waals surface area contributed by atoms with E-state index in [1.54, 1.807) is 14.1 Å². The average Bonchev–Trinajstić information content (AvgIpc) is 3.63. The molecule has 4 rings (SSSR count). The highest BCUT2D eigenvalue weighted by molar-refractivity contribution is 6.30. The number of carbonyl (C=O) groups excluding carboxylic acids is 1. The Morgan fingerprint density at radius 2 is 1.90 bits per heavy atom. The van der Waals surface area contributed by atoms with E-state index in [9.17, 15) is 9.59 Å². The largest absolute Gasteiger partial charge is 0.481 e. The number of H-pyrrole nitrogens is 1. The number of ether oxygens (including phenoxy) is 1. The number of aryl methyl sites for hydroxylation is 1. The van der Waals surface area contributed by atoms with E-state index in [1.807, 2.05) is 53.1 Å². The molecule has 0 amide bonds. The fraction of sp³-hybridized carbons (Fsp3) is 0.379. The lowest BCUT2D eigenvalue weighted by Crippen LogP contribution is -2.46. The van der Waals surface area contributed by atoms with E-state index in [2.05, 4.69) is 38.0 Å². The van der Waals surface area contributed by atoms with Crippen molar-refractivity contribution in [3.8, 4) is 22.5 Å². The van der Waals surface area contributed by atoms with Crippen molar-refractivity contribution in [1.82, 2.24) is 40.6 Å². The molecule has 1 atom stereocenters. The molecule has 0 fully saturated rings. The number of rotatable bonds is 15. The van der Waals surface area contributed by atoms with Crippen molar-refractivity contribution < 1.29 is 19.4 Å². The minimum absolute atomic E-state index is 0.0892. The highest BCUT2D eigenvalue weighted by Gasteiger charge is 2.26. The van der Waals surface area contributed by atoms with Gasteiger partial charge in [0.25, 0.3) is 0 Å². The van der Waals surface area contributed by atoms with Crippen LogP contribution in [0.1, 0.15) is 49.7 Å². The second-order valence-electron chi connectivity index (χ2n) is 9.82. The van der Waals surface area contributed by atoms with Crippen molar-refractivity contribution in [2.24, 2.45) is 0 Å². The van der Waals surface area contributed by atoms with Crippen LogP contribution in [0.5, 0.6) is 0 Å². The number of halogens is 1. The van der Waals surface area contributed by atoms with E-state index >= 15 is 0 Å². The number of unbranched alkanes of at least 4 members (excludes halogenated alkanes) is 1. The molecule has 4 aromatic rings. The molecule has 12 nitrogen and oxygen atoms in total. The highest BCUT2D eigenvalue weighted by Crippen LogP contribution is 2.30. The highest BCUT2D eigenvalue weighted by atomic mass is 35.5. The molecule has 0 aliphatic heterocycles. The summed E-state index contributed by atoms with van der Waals surface area (Å²) in [5.74, 6) is -0.192. The van der Waals surface area contributed by atoms with Gasteiger partial charge in [-0.3, -0.25) is 15.0 Å². The lowest BCUT2D eigenvalue weighted by atomic mass is 9.98. The Kier molecular flexibility index (Phi) is 10.8. The summed E-state index contributed by atoms with van der Waals surface area (Å²) < 4.78 is 7.67. The third-order valence-electron chi connectivity index (χ3n) is 7.05. The molecule has 2 heterocycles. The Balaban J connectivity index is 1.56. The summed E-state index contributed by atoms with van der Waals surface area (Å²) in [6, 6.07) is 15.3. The summed E-state index contributed by atoms with van der Waals surface area (Å²) in [5, 5.41) is 25.4. The van der Waals surface area contributed by atoms with Gasteiger partial charge in [0, 0.05) is 32.0 Å². The molecular weight excluding hydrogens is 560 g/mol. The van der Waals surface area contributed by atoms with E-state index in [4.69, 9.17) is 21.4 Å². The summed E-state index contributed by atoms with van der Waals surface area (Å²) in [6.07, 6.45) is 2.58. The van der Waals surface area contributed by atoms with Crippen molar-refractivity contribution in [3.05, 3.63) is 70.8 Å². The Hall–Kier alpha value is -4.13. The molecule has 0 saturated carbocycles. The number of carboxylic acids is 1. The minimum Gasteiger partial charge on any atom is -0.481 e. The van der Waals surface area contributed by atoms with Crippen LogP contribution in [-0.4, -0.2) is 72.4 Å². The van der Waals surface area contributed by atoms with Crippen LogP contribution >= 0.6 is 11.6 Å². The maximum Gasteiger partial charge on any atom is 0.325 e. The Morgan fingerprint density at radius 1 is 1.17 bits per heavy atom. The zero-order valence-electron chi connectivity index (χ0n) is 23.9. The minimum atomic E-state index is -0.983. The third kappa shape index (κ3) is 7.58. The Morgan fingerprint density at radius 3 is 2.55 bits per heavy atom. The van der Waals surface area contributed by atoms with Crippen LogP contribution in [0.2, 0.25) is 5.15 Å². The van der Waals surface area contributed by atoms with Gasteiger partial charge in [-0.1, -0.05) is 73.5 Å². The summed E-state index contributed by atoms with van der Waals surface area (Å²) in [5.41, 5.74) is 7.33. The number of hydrazine groups is 1. The molecule has 42 heavy (non-hydrogen) atoms. The van der Waals surface area contributed by atoms with Crippen LogP contribution in [0.15, 0.2) is 48.5 Å². The van der Waals surface area contributed by atoms with Gasteiger partial charge in [0.05, 0.1) is 5.69 Å². The number of imidazole rings is 1. The monoisotopic (exact) mass is 594 g/mol. The number of nitrogens with zero attached hydrogens (tertiary/aromatic N) is 6. The van der Waals surface area contributed by atoms with Crippen LogP contribution in [0.4, 0.5) is 0 Å². The quantitative estimate of drug-likeness (QED) is 0.135. The number of nitrogens with one attached hydrogen (secondary N) is 2. The van der Waals surface area contributed by atoms with Crippen molar-refractivity contribution >= 4 is 23.5 Å². The first-order valence-corrected chi connectivity index (χ1v) is 14.1. The predicted molar refractivity (Wildman–Crippen MR) is 157 cm³/mol. The molecule has 0 aliphatic rings. The summed E-state index contributed by atoms with van der Waals surface area (Å²) >= 11 is 6.58. The van der Waals surface area contributed by atoms with Gasteiger partial charge in [-0.05, 0) is 41.8 Å². The first-order chi connectivity index (χ1) is 20.3. The van der Waals surface area contributed by atoms with Gasteiger partial charge < -0.3 is 14.4 Å². The lowest BCUT2D eigenvalue weighted by molar-refractivity contribution is -0.153. The van der Waals surface area contributed by atoms with Crippen LogP contribution < -0.4 is 5.43 Å². The normalized spacial score (nSPS) is 12.0. The molecule has 2 aromatic carbocycles. The van der Waals surface area contributed by atoms with E-state index in [0.29, 0.717) is 18.1 Å². The maximum atomic E-state index is 13.0. The van der Waals surface area contributed by atoms with Gasteiger partial charge in [0.2, 0.25) is 5.82 Å². The third-order valence-corrected chi connectivity index (χ3v) is 7.35. The molecule has 0 bridgehead atoms. The number of hydrogen-bond donors (Lipinski definition) is 3. The number of aliphatic carboxylic acids is 1. The van der Waals surface area contributed by atoms with Gasteiger partial charge in [-0.15, -0.1) is 10.2 Å². The summed E-state index contributed by atoms with van der Waals surface area (Å²) in [4.78, 5) is 28.7.